The number of hydrogen-bond acceptors (Lipinski definition) is 4. The van der Waals surface area contributed by atoms with Crippen molar-refractivity contribution in [2.45, 2.75) is 63.6 Å². The molecule has 1 aromatic heterocycles. The SMILES string of the molecule is CCC1CCCCC1NS(=O)(=O)c1n[nH]c(C)c1CNC. The Labute approximate surface area is 127 Å². The van der Waals surface area contributed by atoms with Crippen LogP contribution in [0, 0.1) is 12.8 Å². The van der Waals surface area contributed by atoms with Gasteiger partial charge in [-0.05, 0) is 32.7 Å². The lowest BCUT2D eigenvalue weighted by Crippen LogP contribution is -2.42. The van der Waals surface area contributed by atoms with Gasteiger partial charge in [0.2, 0.25) is 0 Å². The Bertz CT molecular complexity index is 568. The highest BCUT2D eigenvalue weighted by Gasteiger charge is 2.31. The molecule has 2 rings (SSSR count). The van der Waals surface area contributed by atoms with Crippen molar-refractivity contribution in [1.82, 2.24) is 20.2 Å². The van der Waals surface area contributed by atoms with Gasteiger partial charge in [0, 0.05) is 23.8 Å². The third-order valence-corrected chi connectivity index (χ3v) is 5.84. The lowest BCUT2D eigenvalue weighted by Gasteiger charge is -2.31. The van der Waals surface area contributed by atoms with E-state index >= 15 is 0 Å². The average Bonchev–Trinajstić information content (AvgIpc) is 2.82. The molecule has 0 amide bonds. The zero-order chi connectivity index (χ0) is 15.5. The largest absolute Gasteiger partial charge is 0.316 e. The number of aryl methyl sites for hydroxylation is 1. The second kappa shape index (κ2) is 6.89. The van der Waals surface area contributed by atoms with Crippen LogP contribution in [0.25, 0.3) is 0 Å². The highest BCUT2D eigenvalue weighted by atomic mass is 32.2. The average molecular weight is 314 g/mol. The molecule has 21 heavy (non-hydrogen) atoms. The van der Waals surface area contributed by atoms with Crippen LogP contribution in [0.5, 0.6) is 0 Å². The molecule has 1 aliphatic rings. The summed E-state index contributed by atoms with van der Waals surface area (Å²) in [6.45, 7) is 4.46. The van der Waals surface area contributed by atoms with Crippen LogP contribution in [0.1, 0.15) is 50.3 Å². The summed E-state index contributed by atoms with van der Waals surface area (Å²) < 4.78 is 28.2. The molecule has 1 fully saturated rings. The van der Waals surface area contributed by atoms with Crippen LogP contribution in [0.2, 0.25) is 0 Å². The molecule has 1 heterocycles. The Balaban J connectivity index is 2.22. The summed E-state index contributed by atoms with van der Waals surface area (Å²) in [5.74, 6) is 0.432. The lowest BCUT2D eigenvalue weighted by atomic mass is 9.83. The lowest BCUT2D eigenvalue weighted by molar-refractivity contribution is 0.282. The van der Waals surface area contributed by atoms with Gasteiger partial charge < -0.3 is 5.32 Å². The monoisotopic (exact) mass is 314 g/mol. The van der Waals surface area contributed by atoms with Gasteiger partial charge in [0.25, 0.3) is 10.0 Å². The van der Waals surface area contributed by atoms with E-state index in [1.54, 1.807) is 7.05 Å². The highest BCUT2D eigenvalue weighted by molar-refractivity contribution is 7.89. The standard InChI is InChI=1S/C14H26N4O2S/c1-4-11-7-5-6-8-13(11)18-21(19,20)14-12(9-15-3)10(2)16-17-14/h11,13,15,18H,4-9H2,1-3H3,(H,16,17). The van der Waals surface area contributed by atoms with Crippen LogP contribution in [-0.4, -0.2) is 31.7 Å². The van der Waals surface area contributed by atoms with Gasteiger partial charge in [-0.2, -0.15) is 5.10 Å². The fourth-order valence-electron chi connectivity index (χ4n) is 3.14. The molecule has 1 aliphatic carbocycles. The zero-order valence-corrected chi connectivity index (χ0v) is 13.9. The van der Waals surface area contributed by atoms with Gasteiger partial charge in [-0.1, -0.05) is 26.2 Å². The van der Waals surface area contributed by atoms with E-state index in [0.29, 0.717) is 18.0 Å². The van der Waals surface area contributed by atoms with Crippen molar-refractivity contribution < 1.29 is 8.42 Å². The van der Waals surface area contributed by atoms with E-state index in [1.807, 2.05) is 6.92 Å². The number of aromatic nitrogens is 2. The normalized spacial score (nSPS) is 23.4. The molecule has 3 N–H and O–H groups in total. The Morgan fingerprint density at radius 1 is 1.33 bits per heavy atom. The second-order valence-electron chi connectivity index (χ2n) is 5.84. The van der Waals surface area contributed by atoms with Gasteiger partial charge in [0.15, 0.2) is 5.03 Å². The van der Waals surface area contributed by atoms with Crippen LogP contribution in [0.15, 0.2) is 5.03 Å². The third-order valence-electron chi connectivity index (χ3n) is 4.38. The summed E-state index contributed by atoms with van der Waals surface area (Å²) in [4.78, 5) is 0. The minimum absolute atomic E-state index is 0.0354. The van der Waals surface area contributed by atoms with E-state index in [0.717, 1.165) is 31.4 Å². The molecule has 2 unspecified atom stereocenters. The topological polar surface area (TPSA) is 86.9 Å². The van der Waals surface area contributed by atoms with Crippen molar-refractivity contribution in [3.8, 4) is 0 Å². The maximum Gasteiger partial charge on any atom is 0.260 e. The molecule has 0 radical (unpaired) electrons. The van der Waals surface area contributed by atoms with Gasteiger partial charge in [0.05, 0.1) is 0 Å². The van der Waals surface area contributed by atoms with Crippen LogP contribution in [0.4, 0.5) is 0 Å². The fraction of sp³-hybridized carbons (Fsp3) is 0.786. The first-order chi connectivity index (χ1) is 9.99. The second-order valence-corrected chi connectivity index (χ2v) is 7.47. The van der Waals surface area contributed by atoms with Gasteiger partial charge >= 0.3 is 0 Å². The number of nitrogens with zero attached hydrogens (tertiary/aromatic N) is 1. The molecule has 0 spiro atoms. The van der Waals surface area contributed by atoms with Crippen molar-refractivity contribution in [3.05, 3.63) is 11.3 Å². The first-order valence-electron chi connectivity index (χ1n) is 7.70. The maximum atomic E-state index is 12.6. The molecular formula is C14H26N4O2S. The quantitative estimate of drug-likeness (QED) is 0.745. The first kappa shape index (κ1) is 16.5. The fourth-order valence-corrected chi connectivity index (χ4v) is 4.68. The van der Waals surface area contributed by atoms with Gasteiger partial charge in [-0.25, -0.2) is 13.1 Å². The number of nitrogens with one attached hydrogen (secondary N) is 3. The van der Waals surface area contributed by atoms with Crippen molar-refractivity contribution in [3.63, 3.8) is 0 Å². The van der Waals surface area contributed by atoms with Gasteiger partial charge in [0.1, 0.15) is 0 Å². The van der Waals surface area contributed by atoms with Crippen molar-refractivity contribution in [2.24, 2.45) is 5.92 Å². The molecule has 0 aliphatic heterocycles. The predicted octanol–water partition coefficient (Wildman–Crippen LogP) is 1.68. The van der Waals surface area contributed by atoms with Crippen molar-refractivity contribution in [2.75, 3.05) is 7.05 Å². The predicted molar refractivity (Wildman–Crippen MR) is 82.4 cm³/mol. The summed E-state index contributed by atoms with van der Waals surface area (Å²) in [6.07, 6.45) is 5.32. The van der Waals surface area contributed by atoms with E-state index < -0.39 is 10.0 Å². The smallest absolute Gasteiger partial charge is 0.260 e. The Morgan fingerprint density at radius 2 is 2.05 bits per heavy atom. The molecule has 1 saturated carbocycles. The number of hydrogen-bond donors (Lipinski definition) is 3. The minimum Gasteiger partial charge on any atom is -0.316 e. The van der Waals surface area contributed by atoms with Gasteiger partial charge in [-0.3, -0.25) is 5.10 Å². The number of sulfonamides is 1. The summed E-state index contributed by atoms with van der Waals surface area (Å²) >= 11 is 0. The van der Waals surface area contributed by atoms with Crippen LogP contribution >= 0.6 is 0 Å². The van der Waals surface area contributed by atoms with Crippen LogP contribution in [0.3, 0.4) is 0 Å². The van der Waals surface area contributed by atoms with Crippen molar-refractivity contribution in [1.29, 1.82) is 0 Å². The highest BCUT2D eigenvalue weighted by Crippen LogP contribution is 2.28. The molecule has 0 saturated heterocycles. The summed E-state index contributed by atoms with van der Waals surface area (Å²) in [7, 11) is -1.77. The van der Waals surface area contributed by atoms with Crippen molar-refractivity contribution >= 4 is 10.0 Å². The number of aromatic amines is 1. The molecule has 7 heteroatoms. The van der Waals surface area contributed by atoms with Crippen LogP contribution in [-0.2, 0) is 16.6 Å². The molecule has 2 atom stereocenters. The third kappa shape index (κ3) is 3.64. The zero-order valence-electron chi connectivity index (χ0n) is 13.1. The Kier molecular flexibility index (Phi) is 5.40. The van der Waals surface area contributed by atoms with E-state index in [4.69, 9.17) is 0 Å². The summed E-state index contributed by atoms with van der Waals surface area (Å²) in [6, 6.07) is 0.0354. The molecule has 120 valence electrons. The molecule has 0 bridgehead atoms. The van der Waals surface area contributed by atoms with E-state index in [1.165, 1.54) is 6.42 Å². The van der Waals surface area contributed by atoms with E-state index in [2.05, 4.69) is 27.2 Å². The van der Waals surface area contributed by atoms with Gasteiger partial charge in [-0.15, -0.1) is 0 Å². The Hall–Kier alpha value is -0.920. The van der Waals surface area contributed by atoms with Crippen LogP contribution < -0.4 is 10.0 Å². The van der Waals surface area contributed by atoms with E-state index in [-0.39, 0.29) is 11.1 Å². The molecule has 0 aromatic carbocycles. The Morgan fingerprint density at radius 3 is 2.71 bits per heavy atom. The maximum absolute atomic E-state index is 12.6. The molecule has 1 aromatic rings. The molecule has 6 nitrogen and oxygen atoms in total. The summed E-state index contributed by atoms with van der Waals surface area (Å²) in [5, 5.41) is 9.92. The number of rotatable bonds is 6. The minimum atomic E-state index is -3.57. The first-order valence-corrected chi connectivity index (χ1v) is 9.18. The van der Waals surface area contributed by atoms with E-state index in [9.17, 15) is 8.42 Å². The number of H-pyrrole nitrogens is 1. The summed E-state index contributed by atoms with van der Waals surface area (Å²) in [5.41, 5.74) is 1.51. The molecular weight excluding hydrogens is 288 g/mol.